The monoisotopic (exact) mass is 622 g/mol. The van der Waals surface area contributed by atoms with Gasteiger partial charge in [-0.2, -0.15) is 0 Å². The maximum absolute atomic E-state index is 3.68. The van der Waals surface area contributed by atoms with Gasteiger partial charge in [0.1, 0.15) is 0 Å². The molecule has 0 saturated carbocycles. The van der Waals surface area contributed by atoms with Crippen LogP contribution >= 0.6 is 31.9 Å². The summed E-state index contributed by atoms with van der Waals surface area (Å²) in [5.74, 6) is 0. The van der Waals surface area contributed by atoms with Gasteiger partial charge < -0.3 is 9.47 Å². The third-order valence-corrected chi connectivity index (χ3v) is 9.03. The Bertz CT molecular complexity index is 1780. The molecule has 4 heteroatoms. The number of aromatic nitrogens is 1. The van der Waals surface area contributed by atoms with Crippen LogP contribution < -0.4 is 4.90 Å². The molecule has 0 aliphatic carbocycles. The fourth-order valence-corrected chi connectivity index (χ4v) is 5.71. The van der Waals surface area contributed by atoms with Gasteiger partial charge in [-0.05, 0) is 118 Å². The molecule has 0 radical (unpaired) electrons. The van der Waals surface area contributed by atoms with E-state index in [0.29, 0.717) is 0 Å². The van der Waals surface area contributed by atoms with Crippen LogP contribution in [0.3, 0.4) is 0 Å². The van der Waals surface area contributed by atoms with Gasteiger partial charge in [-0.15, -0.1) is 0 Å². The zero-order valence-corrected chi connectivity index (χ0v) is 25.1. The number of anilines is 3. The number of hydrogen-bond acceptors (Lipinski definition) is 1. The molecule has 0 saturated heterocycles. The molecule has 0 bridgehead atoms. The van der Waals surface area contributed by atoms with E-state index < -0.39 is 0 Å². The SMILES string of the molecule is Cc1ccc(-n2c3ccc(C)cc3c3cc(N(c4ccc(Br)c(C)c4)c4ccc(Br)c(C)c4)ccc32)cc1. The van der Waals surface area contributed by atoms with Crippen molar-refractivity contribution >= 4 is 70.7 Å². The van der Waals surface area contributed by atoms with E-state index in [1.165, 1.54) is 49.7 Å². The van der Waals surface area contributed by atoms with Crippen molar-refractivity contribution < 1.29 is 0 Å². The van der Waals surface area contributed by atoms with Gasteiger partial charge in [0.15, 0.2) is 0 Å². The van der Waals surface area contributed by atoms with Crippen LogP contribution in [0.4, 0.5) is 17.1 Å². The number of nitrogens with zero attached hydrogens (tertiary/aromatic N) is 2. The molecule has 5 aromatic carbocycles. The Hall–Kier alpha value is -3.34. The summed E-state index contributed by atoms with van der Waals surface area (Å²) < 4.78 is 4.60. The summed E-state index contributed by atoms with van der Waals surface area (Å²) in [6.45, 7) is 8.58. The lowest BCUT2D eigenvalue weighted by molar-refractivity contribution is 1.17. The average Bonchev–Trinajstić information content (AvgIpc) is 3.22. The highest BCUT2D eigenvalue weighted by Crippen LogP contribution is 2.41. The first-order valence-corrected chi connectivity index (χ1v) is 14.3. The number of halogens is 2. The second-order valence-electron chi connectivity index (χ2n) is 10.1. The Morgan fingerprint density at radius 1 is 0.500 bits per heavy atom. The van der Waals surface area contributed by atoms with E-state index in [9.17, 15) is 0 Å². The van der Waals surface area contributed by atoms with Crippen LogP contribution in [0.15, 0.2) is 106 Å². The molecule has 188 valence electrons. The van der Waals surface area contributed by atoms with E-state index >= 15 is 0 Å². The molecule has 0 amide bonds. The van der Waals surface area contributed by atoms with Gasteiger partial charge >= 0.3 is 0 Å². The molecule has 0 fully saturated rings. The van der Waals surface area contributed by atoms with Crippen LogP contribution in [-0.2, 0) is 0 Å². The molecule has 0 atom stereocenters. The number of benzene rings is 5. The van der Waals surface area contributed by atoms with Crippen molar-refractivity contribution in [3.8, 4) is 5.69 Å². The first-order valence-electron chi connectivity index (χ1n) is 12.7. The molecule has 38 heavy (non-hydrogen) atoms. The van der Waals surface area contributed by atoms with Gasteiger partial charge in [0.05, 0.1) is 11.0 Å². The Labute approximate surface area is 240 Å². The normalized spacial score (nSPS) is 11.4. The largest absolute Gasteiger partial charge is 0.310 e. The highest BCUT2D eigenvalue weighted by molar-refractivity contribution is 9.10. The van der Waals surface area contributed by atoms with Crippen LogP contribution in [0.2, 0.25) is 0 Å². The summed E-state index contributed by atoms with van der Waals surface area (Å²) in [5, 5.41) is 2.51. The van der Waals surface area contributed by atoms with Gasteiger partial charge in [0.2, 0.25) is 0 Å². The second-order valence-corrected chi connectivity index (χ2v) is 11.8. The molecule has 0 aliphatic rings. The lowest BCUT2D eigenvalue weighted by Gasteiger charge is -2.27. The molecule has 6 rings (SSSR count). The van der Waals surface area contributed by atoms with Crippen molar-refractivity contribution in [2.24, 2.45) is 0 Å². The van der Waals surface area contributed by atoms with Gasteiger partial charge in [0, 0.05) is 42.5 Å². The minimum Gasteiger partial charge on any atom is -0.310 e. The number of hydrogen-bond donors (Lipinski definition) is 0. The first kappa shape index (κ1) is 25.0. The topological polar surface area (TPSA) is 8.17 Å². The summed E-state index contributed by atoms with van der Waals surface area (Å²) in [7, 11) is 0. The van der Waals surface area contributed by atoms with Gasteiger partial charge in [0.25, 0.3) is 0 Å². The van der Waals surface area contributed by atoms with Crippen molar-refractivity contribution in [3.05, 3.63) is 128 Å². The number of fused-ring (bicyclic) bond motifs is 3. The summed E-state index contributed by atoms with van der Waals surface area (Å²) in [6, 6.07) is 35.5. The van der Waals surface area contributed by atoms with E-state index in [1.54, 1.807) is 0 Å². The maximum Gasteiger partial charge on any atom is 0.0542 e. The van der Waals surface area contributed by atoms with Crippen molar-refractivity contribution in [1.82, 2.24) is 4.57 Å². The first-order chi connectivity index (χ1) is 18.3. The number of aryl methyl sites for hydroxylation is 4. The quantitative estimate of drug-likeness (QED) is 0.190. The van der Waals surface area contributed by atoms with Gasteiger partial charge in [-0.3, -0.25) is 0 Å². The summed E-state index contributed by atoms with van der Waals surface area (Å²) in [5.41, 5.74) is 11.9. The fraction of sp³-hybridized carbons (Fsp3) is 0.118. The lowest BCUT2D eigenvalue weighted by atomic mass is 10.1. The van der Waals surface area contributed by atoms with Gasteiger partial charge in [-0.1, -0.05) is 61.2 Å². The number of rotatable bonds is 4. The zero-order valence-electron chi connectivity index (χ0n) is 21.9. The van der Waals surface area contributed by atoms with Crippen LogP contribution in [-0.4, -0.2) is 4.57 Å². The Morgan fingerprint density at radius 3 is 1.55 bits per heavy atom. The van der Waals surface area contributed by atoms with E-state index in [4.69, 9.17) is 0 Å². The molecule has 0 spiro atoms. The molecule has 0 N–H and O–H groups in total. The van der Waals surface area contributed by atoms with Crippen molar-refractivity contribution in [2.75, 3.05) is 4.90 Å². The minimum absolute atomic E-state index is 1.11. The molecule has 1 heterocycles. The molecule has 6 aromatic rings. The van der Waals surface area contributed by atoms with Gasteiger partial charge in [-0.25, -0.2) is 0 Å². The van der Waals surface area contributed by atoms with Crippen molar-refractivity contribution in [2.45, 2.75) is 27.7 Å². The van der Waals surface area contributed by atoms with Crippen LogP contribution in [0.5, 0.6) is 0 Å². The molecular formula is C34H28Br2N2. The van der Waals surface area contributed by atoms with E-state index in [1.807, 2.05) is 0 Å². The van der Waals surface area contributed by atoms with E-state index in [-0.39, 0.29) is 0 Å². The average molecular weight is 624 g/mol. The van der Waals surface area contributed by atoms with E-state index in [2.05, 4.69) is 166 Å². The van der Waals surface area contributed by atoms with E-state index in [0.717, 1.165) is 26.0 Å². The molecule has 2 nitrogen and oxygen atoms in total. The Morgan fingerprint density at radius 2 is 0.974 bits per heavy atom. The fourth-order valence-electron chi connectivity index (χ4n) is 5.22. The zero-order chi connectivity index (χ0) is 26.6. The Kier molecular flexibility index (Phi) is 6.41. The predicted molar refractivity (Wildman–Crippen MR) is 170 cm³/mol. The van der Waals surface area contributed by atoms with Crippen LogP contribution in [0.1, 0.15) is 22.3 Å². The summed E-state index contributed by atoms with van der Waals surface area (Å²) in [4.78, 5) is 2.35. The molecular weight excluding hydrogens is 596 g/mol. The molecule has 1 aromatic heterocycles. The minimum atomic E-state index is 1.11. The molecule has 0 aliphatic heterocycles. The predicted octanol–water partition coefficient (Wildman–Crippen LogP) is 11.0. The third kappa shape index (κ3) is 4.36. The smallest absolute Gasteiger partial charge is 0.0542 e. The standard InChI is InChI=1S/C34H28Br2N2/c1-21-5-8-25(9-6-21)38-33-15-7-22(2)17-29(33)30-20-28(12-16-34(30)38)37(26-10-13-31(35)23(3)18-26)27-11-14-32(36)24(4)19-27/h5-20H,1-4H3. The molecule has 0 unspecified atom stereocenters. The second kappa shape index (κ2) is 9.76. The highest BCUT2D eigenvalue weighted by Gasteiger charge is 2.18. The maximum atomic E-state index is 3.68. The van der Waals surface area contributed by atoms with Crippen molar-refractivity contribution in [3.63, 3.8) is 0 Å². The van der Waals surface area contributed by atoms with Crippen LogP contribution in [0, 0.1) is 27.7 Å². The third-order valence-electron chi connectivity index (χ3n) is 7.25. The summed E-state index contributed by atoms with van der Waals surface area (Å²) >= 11 is 7.36. The Balaban J connectivity index is 1.63. The lowest BCUT2D eigenvalue weighted by Crippen LogP contribution is -2.10. The van der Waals surface area contributed by atoms with Crippen molar-refractivity contribution in [1.29, 1.82) is 0 Å². The highest BCUT2D eigenvalue weighted by atomic mass is 79.9. The summed E-state index contributed by atoms with van der Waals surface area (Å²) in [6.07, 6.45) is 0. The van der Waals surface area contributed by atoms with Crippen LogP contribution in [0.25, 0.3) is 27.5 Å².